The second kappa shape index (κ2) is 11.6. The molecule has 0 bridgehead atoms. The van der Waals surface area contributed by atoms with Crippen molar-refractivity contribution < 1.29 is 40.1 Å². The van der Waals surface area contributed by atoms with Gasteiger partial charge < -0.3 is 30.6 Å². The third-order valence-corrected chi connectivity index (χ3v) is 7.31. The summed E-state index contributed by atoms with van der Waals surface area (Å²) in [5.74, 6) is -1.59. The molecule has 0 saturated carbocycles. The van der Waals surface area contributed by atoms with E-state index in [4.69, 9.17) is 39.2 Å². The Morgan fingerprint density at radius 2 is 2.08 bits per heavy atom. The topological polar surface area (TPSA) is 178 Å². The highest BCUT2D eigenvalue weighted by molar-refractivity contribution is 7.54. The zero-order valence-corrected chi connectivity index (χ0v) is 21.7. The van der Waals surface area contributed by atoms with Crippen LogP contribution in [-0.2, 0) is 23.4 Å². The fourth-order valence-electron chi connectivity index (χ4n) is 3.52. The van der Waals surface area contributed by atoms with Gasteiger partial charge >= 0.3 is 19.3 Å². The minimum Gasteiger partial charge on any atom is -0.463 e. The standard InChI is InChI=1S/C24H30FN4O8P/c1-5-24(27)19(30)18(36-22(24)29-11-17(25)20(26)28-23(29)32)12-34-38(33,37-16-9-7-6-8-10-16)13-15(4)21(31)35-14(2)3/h1,6-11,14-15,18-19,22,30H,12-13,27H2,2-4H3,(H2,26,28,32)/t15-,18-,19+,22-,24?,38+/m1/s1/i12D2. The minimum atomic E-state index is -4.58. The molecule has 0 spiro atoms. The number of halogens is 1. The maximum atomic E-state index is 14.1. The lowest BCUT2D eigenvalue weighted by molar-refractivity contribution is -0.151. The van der Waals surface area contributed by atoms with Crippen molar-refractivity contribution in [3.8, 4) is 18.1 Å². The van der Waals surface area contributed by atoms with Gasteiger partial charge in [0, 0.05) is 0 Å². The fraction of sp³-hybridized carbons (Fsp3) is 0.458. The highest BCUT2D eigenvalue weighted by Crippen LogP contribution is 2.51. The number of nitrogens with two attached hydrogens (primary N) is 2. The summed E-state index contributed by atoms with van der Waals surface area (Å²) in [5, 5.41) is 11.0. The molecule has 0 radical (unpaired) electrons. The predicted octanol–water partition coefficient (Wildman–Crippen LogP) is 1.43. The van der Waals surface area contributed by atoms with Crippen LogP contribution in [0.5, 0.6) is 5.75 Å². The van der Waals surface area contributed by atoms with Gasteiger partial charge in [-0.1, -0.05) is 31.0 Å². The van der Waals surface area contributed by atoms with E-state index in [1.807, 2.05) is 5.92 Å². The number of anilines is 1. The number of hydrogen-bond acceptors (Lipinski definition) is 11. The first-order chi connectivity index (χ1) is 18.5. The van der Waals surface area contributed by atoms with Crippen molar-refractivity contribution in [2.24, 2.45) is 11.7 Å². The first kappa shape index (κ1) is 26.3. The molecule has 0 amide bonds. The highest BCUT2D eigenvalue weighted by Gasteiger charge is 2.55. The van der Waals surface area contributed by atoms with Crippen molar-refractivity contribution in [3.63, 3.8) is 0 Å². The summed E-state index contributed by atoms with van der Waals surface area (Å²) >= 11 is 0. The Morgan fingerprint density at radius 1 is 1.42 bits per heavy atom. The van der Waals surface area contributed by atoms with E-state index in [9.17, 15) is 23.7 Å². The number of carbonyl (C=O) groups is 1. The van der Waals surface area contributed by atoms with E-state index in [-0.39, 0.29) is 5.75 Å². The zero-order valence-electron chi connectivity index (χ0n) is 22.8. The number of carbonyl (C=O) groups excluding carboxylic acids is 1. The van der Waals surface area contributed by atoms with Gasteiger partial charge in [0.05, 0.1) is 33.7 Å². The normalized spacial score (nSPS) is 26.5. The molecule has 1 fully saturated rings. The summed E-state index contributed by atoms with van der Waals surface area (Å²) in [6.45, 7) is 1.46. The number of nitrogen functional groups attached to an aromatic ring is 1. The Labute approximate surface area is 221 Å². The molecule has 0 aliphatic carbocycles. The van der Waals surface area contributed by atoms with Gasteiger partial charge in [0.15, 0.2) is 23.4 Å². The fourth-order valence-corrected chi connectivity index (χ4v) is 5.23. The van der Waals surface area contributed by atoms with Crippen LogP contribution < -0.4 is 21.7 Å². The molecule has 1 aliphatic rings. The summed E-state index contributed by atoms with van der Waals surface area (Å²) in [4.78, 5) is 28.2. The molecule has 12 nitrogen and oxygen atoms in total. The number of aliphatic hydroxyl groups is 1. The summed E-state index contributed by atoms with van der Waals surface area (Å²) in [7, 11) is -4.58. The van der Waals surface area contributed by atoms with Gasteiger partial charge in [-0.05, 0) is 26.0 Å². The van der Waals surface area contributed by atoms with Crippen molar-refractivity contribution >= 4 is 19.4 Å². The predicted molar refractivity (Wildman–Crippen MR) is 134 cm³/mol. The van der Waals surface area contributed by atoms with Crippen LogP contribution in [-0.4, -0.2) is 57.2 Å². The van der Waals surface area contributed by atoms with Crippen molar-refractivity contribution in [2.75, 3.05) is 18.5 Å². The van der Waals surface area contributed by atoms with Gasteiger partial charge in [0.25, 0.3) is 0 Å². The number of benzene rings is 1. The van der Waals surface area contributed by atoms with Gasteiger partial charge in [0.2, 0.25) is 0 Å². The van der Waals surface area contributed by atoms with Crippen LogP contribution in [0.3, 0.4) is 0 Å². The lowest BCUT2D eigenvalue weighted by Crippen LogP contribution is -2.55. The first-order valence-corrected chi connectivity index (χ1v) is 13.1. The lowest BCUT2D eigenvalue weighted by atomic mass is 9.92. The molecule has 1 aromatic carbocycles. The van der Waals surface area contributed by atoms with Gasteiger partial charge in [-0.2, -0.15) is 4.98 Å². The molecule has 5 N–H and O–H groups in total. The monoisotopic (exact) mass is 554 g/mol. The van der Waals surface area contributed by atoms with Gasteiger partial charge in [-0.15, -0.1) is 6.42 Å². The van der Waals surface area contributed by atoms with Crippen molar-refractivity contribution in [3.05, 3.63) is 52.8 Å². The smallest absolute Gasteiger partial charge is 0.380 e. The molecule has 2 heterocycles. The Hall–Kier alpha value is -3.27. The molecular weight excluding hydrogens is 522 g/mol. The number of esters is 1. The van der Waals surface area contributed by atoms with Gasteiger partial charge in [0.1, 0.15) is 18.0 Å². The number of hydrogen-bond donors (Lipinski definition) is 3. The molecule has 38 heavy (non-hydrogen) atoms. The van der Waals surface area contributed by atoms with Crippen LogP contribution in [0.2, 0.25) is 0 Å². The molecule has 6 atom stereocenters. The number of para-hydroxylation sites is 1. The maximum Gasteiger partial charge on any atom is 0.380 e. The Morgan fingerprint density at radius 3 is 2.68 bits per heavy atom. The largest absolute Gasteiger partial charge is 0.463 e. The summed E-state index contributed by atoms with van der Waals surface area (Å²) in [6.07, 6.45) is -1.02. The molecule has 2 aromatic rings. The van der Waals surface area contributed by atoms with E-state index < -0.39 is 79.6 Å². The SMILES string of the molecule is [2H]C([2H])(O[P@@](=O)(C[C@@H](C)C(=O)OC(C)C)Oc1ccccc1)[C@H]1O[C@@H](n2cc(F)c(N)nc2=O)C(N)(C#C)[C@H]1O. The van der Waals surface area contributed by atoms with Crippen LogP contribution in [0.1, 0.15) is 29.7 Å². The number of ether oxygens (including phenoxy) is 2. The third-order valence-electron chi connectivity index (χ3n) is 5.44. The van der Waals surface area contributed by atoms with Gasteiger partial charge in [-0.25, -0.2) is 13.8 Å². The highest BCUT2D eigenvalue weighted by atomic mass is 31.2. The summed E-state index contributed by atoms with van der Waals surface area (Å²) in [5.41, 5.74) is 7.99. The van der Waals surface area contributed by atoms with E-state index in [1.54, 1.807) is 32.0 Å². The zero-order chi connectivity index (χ0) is 30.0. The second-order valence-electron chi connectivity index (χ2n) is 8.89. The van der Waals surface area contributed by atoms with Crippen LogP contribution >= 0.6 is 7.60 Å². The van der Waals surface area contributed by atoms with Crippen LogP contribution in [0.15, 0.2) is 41.3 Å². The van der Waals surface area contributed by atoms with E-state index in [2.05, 4.69) is 4.98 Å². The molecule has 3 rings (SSSR count). The maximum absolute atomic E-state index is 14.1. The molecule has 1 aliphatic heterocycles. The average Bonchev–Trinajstić information content (AvgIpc) is 3.12. The number of rotatable bonds is 10. The molecule has 14 heteroatoms. The van der Waals surface area contributed by atoms with E-state index in [0.717, 1.165) is 0 Å². The number of nitrogens with zero attached hydrogens (tertiary/aromatic N) is 2. The second-order valence-corrected chi connectivity index (χ2v) is 10.8. The third kappa shape index (κ3) is 6.40. The van der Waals surface area contributed by atoms with Gasteiger partial charge in [-0.3, -0.25) is 13.9 Å². The molecule has 1 aromatic heterocycles. The molecular formula is C24H30FN4O8P. The Bertz CT molecular complexity index is 1390. The minimum absolute atomic E-state index is 0.0311. The van der Waals surface area contributed by atoms with Crippen LogP contribution in [0.4, 0.5) is 10.2 Å². The van der Waals surface area contributed by atoms with E-state index in [0.29, 0.717) is 10.8 Å². The Kier molecular flexibility index (Phi) is 8.06. The van der Waals surface area contributed by atoms with Crippen LogP contribution in [0, 0.1) is 24.1 Å². The summed E-state index contributed by atoms with van der Waals surface area (Å²) < 4.78 is 67.3. The molecule has 1 saturated heterocycles. The lowest BCUT2D eigenvalue weighted by Gasteiger charge is -2.27. The first-order valence-electron chi connectivity index (χ1n) is 12.4. The number of aliphatic hydroxyl groups excluding tert-OH is 1. The Balaban J connectivity index is 1.98. The van der Waals surface area contributed by atoms with Crippen molar-refractivity contribution in [2.45, 2.75) is 50.8 Å². The van der Waals surface area contributed by atoms with Crippen molar-refractivity contribution in [1.82, 2.24) is 9.55 Å². The van der Waals surface area contributed by atoms with E-state index in [1.165, 1.54) is 19.1 Å². The molecule has 206 valence electrons. The van der Waals surface area contributed by atoms with Crippen LogP contribution in [0.25, 0.3) is 0 Å². The average molecular weight is 555 g/mol. The van der Waals surface area contributed by atoms with Crippen molar-refractivity contribution in [1.29, 1.82) is 0 Å². The quantitative estimate of drug-likeness (QED) is 0.220. The molecule has 1 unspecified atom stereocenters. The number of aromatic nitrogens is 2. The summed E-state index contributed by atoms with van der Waals surface area (Å²) in [6, 6.07) is 7.63. The van der Waals surface area contributed by atoms with E-state index >= 15 is 0 Å². The number of terminal acetylenes is 1.